The highest BCUT2D eigenvalue weighted by atomic mass is 16.3. The van der Waals surface area contributed by atoms with Gasteiger partial charge >= 0.3 is 0 Å². The second-order valence-electron chi connectivity index (χ2n) is 6.65. The maximum atomic E-state index is 6.39. The molecule has 0 fully saturated rings. The van der Waals surface area contributed by atoms with Gasteiger partial charge in [0.2, 0.25) is 0 Å². The van der Waals surface area contributed by atoms with Gasteiger partial charge in [-0.25, -0.2) is 0 Å². The molecule has 0 amide bonds. The Bertz CT molecular complexity index is 1200. The highest BCUT2D eigenvalue weighted by Gasteiger charge is 2.16. The van der Waals surface area contributed by atoms with E-state index < -0.39 is 0 Å². The van der Waals surface area contributed by atoms with Gasteiger partial charge in [-0.2, -0.15) is 0 Å². The van der Waals surface area contributed by atoms with Gasteiger partial charge in [-0.1, -0.05) is 97.1 Å². The molecule has 0 saturated carbocycles. The summed E-state index contributed by atoms with van der Waals surface area (Å²) in [5.41, 5.74) is 4.45. The van der Waals surface area contributed by atoms with Crippen LogP contribution < -0.4 is 0 Å². The second kappa shape index (κ2) is 6.62. The van der Waals surface area contributed by atoms with Crippen LogP contribution in [0, 0.1) is 0 Å². The monoisotopic (exact) mass is 346 g/mol. The molecule has 1 aromatic heterocycles. The number of hydrogen-bond acceptors (Lipinski definition) is 1. The Morgan fingerprint density at radius 2 is 1.07 bits per heavy atom. The molecule has 0 bridgehead atoms. The maximum Gasteiger partial charge on any atom is 0.142 e. The third-order valence-corrected chi connectivity index (χ3v) is 4.89. The Morgan fingerprint density at radius 3 is 1.81 bits per heavy atom. The number of furan rings is 1. The zero-order valence-electron chi connectivity index (χ0n) is 14.8. The van der Waals surface area contributed by atoms with Crippen molar-refractivity contribution in [2.24, 2.45) is 0 Å². The average molecular weight is 346 g/mol. The quantitative estimate of drug-likeness (QED) is 0.331. The normalized spacial score (nSPS) is 11.0. The van der Waals surface area contributed by atoms with Crippen LogP contribution in [0.2, 0.25) is 0 Å². The van der Waals surface area contributed by atoms with Crippen molar-refractivity contribution in [2.75, 3.05) is 0 Å². The first-order chi connectivity index (χ1) is 13.4. The smallest absolute Gasteiger partial charge is 0.142 e. The van der Waals surface area contributed by atoms with Crippen LogP contribution >= 0.6 is 0 Å². The zero-order valence-corrected chi connectivity index (χ0v) is 14.8. The van der Waals surface area contributed by atoms with E-state index in [2.05, 4.69) is 84.9 Å². The molecule has 27 heavy (non-hydrogen) atoms. The molecular formula is C26H18O. The molecule has 0 radical (unpaired) electrons. The molecule has 4 aromatic carbocycles. The van der Waals surface area contributed by atoms with Gasteiger partial charge in [-0.15, -0.1) is 0 Å². The lowest BCUT2D eigenvalue weighted by Gasteiger charge is -2.05. The molecular weight excluding hydrogens is 328 g/mol. The minimum absolute atomic E-state index is 0.887. The average Bonchev–Trinajstić information content (AvgIpc) is 3.20. The molecule has 0 N–H and O–H groups in total. The van der Waals surface area contributed by atoms with E-state index in [1.165, 1.54) is 10.8 Å². The molecule has 0 aliphatic heterocycles. The summed E-state index contributed by atoms with van der Waals surface area (Å²) >= 11 is 0. The fourth-order valence-corrected chi connectivity index (χ4v) is 3.51. The van der Waals surface area contributed by atoms with E-state index in [1.54, 1.807) is 0 Å². The van der Waals surface area contributed by atoms with Crippen molar-refractivity contribution >= 4 is 10.8 Å². The van der Waals surface area contributed by atoms with Gasteiger partial charge in [0.25, 0.3) is 0 Å². The van der Waals surface area contributed by atoms with Crippen LogP contribution in [0.15, 0.2) is 114 Å². The Kier molecular flexibility index (Phi) is 3.84. The fourth-order valence-electron chi connectivity index (χ4n) is 3.51. The van der Waals surface area contributed by atoms with Crippen LogP contribution in [0.3, 0.4) is 0 Å². The van der Waals surface area contributed by atoms with E-state index in [0.29, 0.717) is 0 Å². The minimum atomic E-state index is 0.887. The molecule has 0 aliphatic rings. The first-order valence-electron chi connectivity index (χ1n) is 9.12. The third-order valence-electron chi connectivity index (χ3n) is 4.89. The summed E-state index contributed by atoms with van der Waals surface area (Å²) in [5.74, 6) is 1.79. The standard InChI is InChI=1S/C26H18O/c1-3-10-20(11-4-1)24-18-25(21-12-5-2-6-13-21)27-26(24)23-16-15-19-9-7-8-14-22(19)17-23/h1-18H. The summed E-state index contributed by atoms with van der Waals surface area (Å²) in [4.78, 5) is 0. The van der Waals surface area contributed by atoms with Gasteiger partial charge in [0.1, 0.15) is 11.5 Å². The van der Waals surface area contributed by atoms with Gasteiger partial charge in [0.15, 0.2) is 0 Å². The molecule has 1 heterocycles. The molecule has 128 valence electrons. The fraction of sp³-hybridized carbons (Fsp3) is 0. The van der Waals surface area contributed by atoms with Crippen molar-refractivity contribution in [1.82, 2.24) is 0 Å². The van der Waals surface area contributed by atoms with Gasteiger partial charge in [0.05, 0.1) is 0 Å². The Morgan fingerprint density at radius 1 is 0.444 bits per heavy atom. The summed E-state index contributed by atoms with van der Waals surface area (Å²) in [6.45, 7) is 0. The van der Waals surface area contributed by atoms with Crippen molar-refractivity contribution in [3.63, 3.8) is 0 Å². The van der Waals surface area contributed by atoms with Crippen LogP contribution in [0.1, 0.15) is 0 Å². The molecule has 0 saturated heterocycles. The molecule has 0 unspecified atom stereocenters. The molecule has 5 aromatic rings. The van der Waals surface area contributed by atoms with Crippen LogP contribution in [-0.4, -0.2) is 0 Å². The van der Waals surface area contributed by atoms with Crippen LogP contribution in [-0.2, 0) is 0 Å². The van der Waals surface area contributed by atoms with E-state index in [9.17, 15) is 0 Å². The third kappa shape index (κ3) is 2.94. The molecule has 1 nitrogen and oxygen atoms in total. The Hall–Kier alpha value is -3.58. The molecule has 1 heteroatoms. The van der Waals surface area contributed by atoms with Crippen molar-refractivity contribution in [2.45, 2.75) is 0 Å². The summed E-state index contributed by atoms with van der Waals surface area (Å²) in [5, 5.41) is 2.45. The van der Waals surface area contributed by atoms with E-state index in [4.69, 9.17) is 4.42 Å². The Labute approximate surface area is 158 Å². The van der Waals surface area contributed by atoms with Gasteiger partial charge in [-0.3, -0.25) is 0 Å². The van der Waals surface area contributed by atoms with E-state index in [1.807, 2.05) is 24.3 Å². The molecule has 0 spiro atoms. The van der Waals surface area contributed by atoms with Crippen molar-refractivity contribution in [3.05, 3.63) is 109 Å². The maximum absolute atomic E-state index is 6.39. The second-order valence-corrected chi connectivity index (χ2v) is 6.65. The molecule has 5 rings (SSSR count). The van der Waals surface area contributed by atoms with E-state index in [0.717, 1.165) is 33.8 Å². The van der Waals surface area contributed by atoms with Crippen molar-refractivity contribution in [1.29, 1.82) is 0 Å². The van der Waals surface area contributed by atoms with Crippen molar-refractivity contribution < 1.29 is 4.42 Å². The summed E-state index contributed by atoms with van der Waals surface area (Å²) in [6.07, 6.45) is 0. The van der Waals surface area contributed by atoms with E-state index >= 15 is 0 Å². The largest absolute Gasteiger partial charge is 0.455 e. The number of fused-ring (bicyclic) bond motifs is 1. The number of hydrogen-bond donors (Lipinski definition) is 0. The molecule has 0 atom stereocenters. The predicted molar refractivity (Wildman–Crippen MR) is 113 cm³/mol. The lowest BCUT2D eigenvalue weighted by molar-refractivity contribution is 0.598. The summed E-state index contributed by atoms with van der Waals surface area (Å²) in [6, 6.07) is 37.7. The zero-order chi connectivity index (χ0) is 18.1. The van der Waals surface area contributed by atoms with Crippen LogP contribution in [0.4, 0.5) is 0 Å². The van der Waals surface area contributed by atoms with E-state index in [-0.39, 0.29) is 0 Å². The summed E-state index contributed by atoms with van der Waals surface area (Å²) < 4.78 is 6.39. The topological polar surface area (TPSA) is 13.1 Å². The van der Waals surface area contributed by atoms with Crippen LogP contribution in [0.5, 0.6) is 0 Å². The lowest BCUT2D eigenvalue weighted by Crippen LogP contribution is -1.81. The Balaban J connectivity index is 1.73. The van der Waals surface area contributed by atoms with Gasteiger partial charge in [-0.05, 0) is 28.5 Å². The lowest BCUT2D eigenvalue weighted by atomic mass is 9.99. The first kappa shape index (κ1) is 15.7. The number of rotatable bonds is 3. The summed E-state index contributed by atoms with van der Waals surface area (Å²) in [7, 11) is 0. The highest BCUT2D eigenvalue weighted by Crippen LogP contribution is 2.39. The van der Waals surface area contributed by atoms with Gasteiger partial charge < -0.3 is 4.42 Å². The number of benzene rings is 4. The SMILES string of the molecule is c1ccc(-c2cc(-c3ccccc3)c(-c3ccc4ccccc4c3)o2)cc1. The molecule has 0 aliphatic carbocycles. The minimum Gasteiger partial charge on any atom is -0.455 e. The predicted octanol–water partition coefficient (Wildman–Crippen LogP) is 7.43. The first-order valence-corrected chi connectivity index (χ1v) is 9.12. The highest BCUT2D eigenvalue weighted by molar-refractivity contribution is 5.90. The van der Waals surface area contributed by atoms with Gasteiger partial charge in [0, 0.05) is 16.7 Å². The van der Waals surface area contributed by atoms with Crippen LogP contribution in [0.25, 0.3) is 44.5 Å². The van der Waals surface area contributed by atoms with Crippen molar-refractivity contribution in [3.8, 4) is 33.8 Å².